The normalized spacial score (nSPS) is 13.6. The molecule has 0 saturated carbocycles. The van der Waals surface area contributed by atoms with Crippen LogP contribution in [0.2, 0.25) is 0 Å². The van der Waals surface area contributed by atoms with Crippen LogP contribution >= 0.6 is 0 Å². The Morgan fingerprint density at radius 2 is 1.85 bits per heavy atom. The number of nitrogens with one attached hydrogen (secondary N) is 3. The number of hydrogen-bond acceptors (Lipinski definition) is 6. The summed E-state index contributed by atoms with van der Waals surface area (Å²) in [6, 6.07) is 12.7. The highest BCUT2D eigenvalue weighted by atomic mass is 16.3. The average Bonchev–Trinajstić information content (AvgIpc) is 2.83. The molecule has 0 saturated heterocycles. The van der Waals surface area contributed by atoms with Gasteiger partial charge >= 0.3 is 0 Å². The summed E-state index contributed by atoms with van der Waals surface area (Å²) in [7, 11) is 0. The minimum absolute atomic E-state index is 0.0472. The number of aliphatic hydroxyl groups is 2. The van der Waals surface area contributed by atoms with Crippen molar-refractivity contribution in [3.63, 3.8) is 0 Å². The Morgan fingerprint density at radius 1 is 1.09 bits per heavy atom. The number of allylic oxidation sites excluding steroid dienone is 2. The van der Waals surface area contributed by atoms with Gasteiger partial charge in [-0.3, -0.25) is 4.79 Å². The largest absolute Gasteiger partial charge is 0.506 e. The third-order valence-corrected chi connectivity index (χ3v) is 5.27. The number of rotatable bonds is 14. The molecule has 7 heteroatoms. The van der Waals surface area contributed by atoms with Crippen LogP contribution < -0.4 is 16.0 Å². The highest BCUT2D eigenvalue weighted by molar-refractivity contribution is 5.75. The van der Waals surface area contributed by atoms with Gasteiger partial charge in [-0.05, 0) is 67.3 Å². The number of anilines is 2. The highest BCUT2D eigenvalue weighted by Gasteiger charge is 2.10. The van der Waals surface area contributed by atoms with Gasteiger partial charge in [0.1, 0.15) is 5.75 Å². The molecular weight excluding hydrogens is 418 g/mol. The van der Waals surface area contributed by atoms with Crippen molar-refractivity contribution in [2.45, 2.75) is 38.9 Å². The maximum absolute atomic E-state index is 10.6. The minimum Gasteiger partial charge on any atom is -0.506 e. The van der Waals surface area contributed by atoms with Crippen molar-refractivity contribution < 1.29 is 20.1 Å². The SMILES string of the molecule is C/C=C(\C=C/CC)C(O)CNc1ccc(CCNC[C@H](O)c2ccc(O)c(NC=O)c2)cc1. The lowest BCUT2D eigenvalue weighted by atomic mass is 10.1. The van der Waals surface area contributed by atoms with Gasteiger partial charge in [0, 0.05) is 18.8 Å². The summed E-state index contributed by atoms with van der Waals surface area (Å²) in [5, 5.41) is 39.3. The van der Waals surface area contributed by atoms with Crippen LogP contribution in [0, 0.1) is 0 Å². The van der Waals surface area contributed by atoms with Crippen LogP contribution in [-0.2, 0) is 11.2 Å². The Labute approximate surface area is 195 Å². The number of aliphatic hydroxyl groups excluding tert-OH is 2. The number of amides is 1. The number of hydrogen-bond donors (Lipinski definition) is 6. The van der Waals surface area contributed by atoms with E-state index in [1.807, 2.05) is 49.4 Å². The number of aromatic hydroxyl groups is 1. The molecule has 0 fully saturated rings. The van der Waals surface area contributed by atoms with Crippen LogP contribution in [0.1, 0.15) is 37.5 Å². The lowest BCUT2D eigenvalue weighted by Crippen LogP contribution is -2.24. The first kappa shape index (κ1) is 26.1. The summed E-state index contributed by atoms with van der Waals surface area (Å²) in [4.78, 5) is 10.6. The molecule has 1 amide bonds. The standard InChI is InChI=1S/C26H35N3O4/c1-3-5-6-20(4-2)26(33)17-28-22-10-7-19(8-11-22)13-14-27-16-25(32)21-9-12-24(31)23(15-21)29-18-30/h4-12,15,18,25-28,31-33H,3,13-14,16-17H2,1-2H3,(H,29,30)/b6-5-,20-4+/t25-,26?/m0/s1. The first-order chi connectivity index (χ1) is 16.0. The Kier molecular flexibility index (Phi) is 11.2. The minimum atomic E-state index is -0.759. The topological polar surface area (TPSA) is 114 Å². The Hall–Kier alpha value is -3.13. The van der Waals surface area contributed by atoms with Gasteiger partial charge in [-0.25, -0.2) is 0 Å². The molecule has 2 aromatic rings. The lowest BCUT2D eigenvalue weighted by Gasteiger charge is -2.15. The predicted octanol–water partition coefficient (Wildman–Crippen LogP) is 3.51. The second-order valence-electron chi connectivity index (χ2n) is 7.70. The molecule has 2 aromatic carbocycles. The molecule has 0 bridgehead atoms. The molecule has 0 radical (unpaired) electrons. The van der Waals surface area contributed by atoms with Gasteiger partial charge in [0.2, 0.25) is 6.41 Å². The van der Waals surface area contributed by atoms with Gasteiger partial charge < -0.3 is 31.3 Å². The second-order valence-corrected chi connectivity index (χ2v) is 7.70. The maximum Gasteiger partial charge on any atom is 0.211 e. The number of benzene rings is 2. The molecule has 6 N–H and O–H groups in total. The van der Waals surface area contributed by atoms with E-state index in [-0.39, 0.29) is 11.4 Å². The molecule has 0 spiro atoms. The summed E-state index contributed by atoms with van der Waals surface area (Å²) in [6.07, 6.45) is 6.81. The molecule has 2 atom stereocenters. The molecular formula is C26H35N3O4. The molecule has 0 aliphatic carbocycles. The highest BCUT2D eigenvalue weighted by Crippen LogP contribution is 2.26. The fraction of sp³-hybridized carbons (Fsp3) is 0.346. The van der Waals surface area contributed by atoms with Crippen LogP contribution in [0.4, 0.5) is 11.4 Å². The predicted molar refractivity (Wildman–Crippen MR) is 133 cm³/mol. The number of carbonyl (C=O) groups is 1. The summed E-state index contributed by atoms with van der Waals surface area (Å²) in [6.45, 7) is 5.46. The van der Waals surface area contributed by atoms with Crippen molar-refractivity contribution in [1.29, 1.82) is 0 Å². The van der Waals surface area contributed by atoms with Crippen molar-refractivity contribution in [3.05, 3.63) is 77.4 Å². The van der Waals surface area contributed by atoms with E-state index in [9.17, 15) is 20.1 Å². The summed E-state index contributed by atoms with van der Waals surface area (Å²) >= 11 is 0. The third-order valence-electron chi connectivity index (χ3n) is 5.27. The van der Waals surface area contributed by atoms with Crippen LogP contribution in [-0.4, -0.2) is 47.5 Å². The zero-order valence-electron chi connectivity index (χ0n) is 19.3. The molecule has 0 aliphatic heterocycles. The number of phenols is 1. The smallest absolute Gasteiger partial charge is 0.211 e. The number of phenolic OH excluding ortho intramolecular Hbond substituents is 1. The second kappa shape index (κ2) is 14.1. The van der Waals surface area contributed by atoms with E-state index in [0.717, 1.165) is 29.7 Å². The fourth-order valence-corrected chi connectivity index (χ4v) is 3.30. The van der Waals surface area contributed by atoms with Gasteiger partial charge in [-0.2, -0.15) is 0 Å². The molecule has 7 nitrogen and oxygen atoms in total. The van der Waals surface area contributed by atoms with Crippen molar-refractivity contribution in [3.8, 4) is 5.75 Å². The van der Waals surface area contributed by atoms with Crippen molar-refractivity contribution in [2.24, 2.45) is 0 Å². The van der Waals surface area contributed by atoms with Gasteiger partial charge in [-0.1, -0.05) is 43.4 Å². The average molecular weight is 454 g/mol. The molecule has 0 aliphatic rings. The summed E-state index contributed by atoms with van der Waals surface area (Å²) in [5.41, 5.74) is 3.88. The van der Waals surface area contributed by atoms with E-state index in [2.05, 4.69) is 22.9 Å². The van der Waals surface area contributed by atoms with Gasteiger partial charge in [0.05, 0.1) is 17.9 Å². The van der Waals surface area contributed by atoms with E-state index in [4.69, 9.17) is 0 Å². The summed E-state index contributed by atoms with van der Waals surface area (Å²) in [5.74, 6) is -0.0472. The molecule has 33 heavy (non-hydrogen) atoms. The van der Waals surface area contributed by atoms with Crippen molar-refractivity contribution in [1.82, 2.24) is 5.32 Å². The quantitative estimate of drug-likeness (QED) is 0.113. The van der Waals surface area contributed by atoms with Gasteiger partial charge in [0.25, 0.3) is 0 Å². The van der Waals surface area contributed by atoms with Crippen molar-refractivity contribution >= 4 is 17.8 Å². The van der Waals surface area contributed by atoms with Gasteiger partial charge in [-0.15, -0.1) is 0 Å². The molecule has 178 valence electrons. The molecule has 2 rings (SSSR count). The zero-order valence-corrected chi connectivity index (χ0v) is 19.3. The van der Waals surface area contributed by atoms with Crippen molar-refractivity contribution in [2.75, 3.05) is 30.3 Å². The zero-order chi connectivity index (χ0) is 24.1. The van der Waals surface area contributed by atoms with E-state index in [0.29, 0.717) is 31.6 Å². The Morgan fingerprint density at radius 3 is 2.52 bits per heavy atom. The molecule has 0 heterocycles. The third kappa shape index (κ3) is 8.73. The van der Waals surface area contributed by atoms with Gasteiger partial charge in [0.15, 0.2) is 0 Å². The molecule has 0 aromatic heterocycles. The Balaban J connectivity index is 1.75. The Bertz CT molecular complexity index is 926. The van der Waals surface area contributed by atoms with Crippen LogP contribution in [0.15, 0.2) is 66.3 Å². The van der Waals surface area contributed by atoms with E-state index < -0.39 is 12.2 Å². The first-order valence-corrected chi connectivity index (χ1v) is 11.2. The van der Waals surface area contributed by atoms with E-state index in [1.54, 1.807) is 12.1 Å². The number of carbonyl (C=O) groups excluding carboxylic acids is 1. The maximum atomic E-state index is 10.6. The lowest BCUT2D eigenvalue weighted by molar-refractivity contribution is -0.105. The van der Waals surface area contributed by atoms with E-state index in [1.165, 1.54) is 6.07 Å². The fourth-order valence-electron chi connectivity index (χ4n) is 3.30. The molecule has 1 unspecified atom stereocenters. The van der Waals surface area contributed by atoms with E-state index >= 15 is 0 Å². The monoisotopic (exact) mass is 453 g/mol. The van der Waals surface area contributed by atoms with Crippen LogP contribution in [0.25, 0.3) is 0 Å². The summed E-state index contributed by atoms with van der Waals surface area (Å²) < 4.78 is 0. The van der Waals surface area contributed by atoms with Crippen LogP contribution in [0.5, 0.6) is 5.75 Å². The first-order valence-electron chi connectivity index (χ1n) is 11.2. The van der Waals surface area contributed by atoms with Crippen LogP contribution in [0.3, 0.4) is 0 Å².